The van der Waals surface area contributed by atoms with Crippen molar-refractivity contribution < 1.29 is 4.92 Å². The highest BCUT2D eigenvalue weighted by atomic mass is 35.5. The first-order valence-electron chi connectivity index (χ1n) is 6.80. The lowest BCUT2D eigenvalue weighted by molar-refractivity contribution is -0.384. The van der Waals surface area contributed by atoms with Gasteiger partial charge in [-0.3, -0.25) is 10.1 Å². The maximum atomic E-state index is 10.6. The number of nitrogens with zero attached hydrogens (tertiary/aromatic N) is 1. The Hall–Kier alpha value is -1.53. The summed E-state index contributed by atoms with van der Waals surface area (Å²) in [6.07, 6.45) is 0. The zero-order chi connectivity index (χ0) is 16.8. The van der Waals surface area contributed by atoms with E-state index in [9.17, 15) is 10.1 Å². The molecule has 0 atom stereocenters. The minimum absolute atomic E-state index is 0.0294. The summed E-state index contributed by atoms with van der Waals surface area (Å²) in [6, 6.07) is 9.82. The van der Waals surface area contributed by atoms with E-state index in [2.05, 4.69) is 10.6 Å². The first kappa shape index (κ1) is 17.8. The van der Waals surface area contributed by atoms with Crippen LogP contribution in [-0.4, -0.2) is 18.0 Å². The van der Waals surface area contributed by atoms with Crippen LogP contribution < -0.4 is 10.6 Å². The molecule has 0 unspecified atom stereocenters. The van der Waals surface area contributed by atoms with E-state index in [4.69, 9.17) is 34.8 Å². The molecule has 0 aromatic heterocycles. The van der Waals surface area contributed by atoms with Gasteiger partial charge in [0.1, 0.15) is 0 Å². The van der Waals surface area contributed by atoms with Crippen LogP contribution in [0.1, 0.15) is 5.56 Å². The number of halogens is 3. The molecule has 23 heavy (non-hydrogen) atoms. The zero-order valence-electron chi connectivity index (χ0n) is 12.0. The summed E-state index contributed by atoms with van der Waals surface area (Å²) >= 11 is 17.8. The average molecular weight is 375 g/mol. The van der Waals surface area contributed by atoms with E-state index in [0.717, 1.165) is 5.56 Å². The fraction of sp³-hybridized carbons (Fsp3) is 0.200. The van der Waals surface area contributed by atoms with E-state index in [1.54, 1.807) is 12.1 Å². The Morgan fingerprint density at radius 1 is 0.957 bits per heavy atom. The van der Waals surface area contributed by atoms with Crippen molar-refractivity contribution in [3.8, 4) is 0 Å². The number of hydrogen-bond acceptors (Lipinski definition) is 4. The number of hydrogen-bond donors (Lipinski definition) is 2. The second-order valence-electron chi connectivity index (χ2n) is 4.77. The van der Waals surface area contributed by atoms with Crippen molar-refractivity contribution in [3.05, 3.63) is 67.1 Å². The summed E-state index contributed by atoms with van der Waals surface area (Å²) in [5.41, 5.74) is 1.67. The van der Waals surface area contributed by atoms with E-state index >= 15 is 0 Å². The zero-order valence-corrected chi connectivity index (χ0v) is 14.3. The SMILES string of the molecule is O=[N+]([O-])c1ccc(NCCNCc2ccc(Cl)c(Cl)c2)c(Cl)c1. The van der Waals surface area contributed by atoms with Gasteiger partial charge in [0.15, 0.2) is 0 Å². The van der Waals surface area contributed by atoms with Gasteiger partial charge in [0.05, 0.1) is 25.7 Å². The van der Waals surface area contributed by atoms with Crippen molar-refractivity contribution in [3.63, 3.8) is 0 Å². The van der Waals surface area contributed by atoms with Crippen LogP contribution >= 0.6 is 34.8 Å². The van der Waals surface area contributed by atoms with Gasteiger partial charge in [0, 0.05) is 31.8 Å². The molecule has 0 heterocycles. The number of benzene rings is 2. The first-order valence-corrected chi connectivity index (χ1v) is 7.93. The Labute approximate surface area is 148 Å². The highest BCUT2D eigenvalue weighted by molar-refractivity contribution is 6.42. The minimum Gasteiger partial charge on any atom is -0.383 e. The molecule has 2 N–H and O–H groups in total. The van der Waals surface area contributed by atoms with Crippen LogP contribution in [0.4, 0.5) is 11.4 Å². The van der Waals surface area contributed by atoms with Gasteiger partial charge in [-0.05, 0) is 23.8 Å². The van der Waals surface area contributed by atoms with Crippen LogP contribution in [0, 0.1) is 10.1 Å². The van der Waals surface area contributed by atoms with Crippen LogP contribution in [-0.2, 0) is 6.54 Å². The number of anilines is 1. The number of nitrogens with one attached hydrogen (secondary N) is 2. The highest BCUT2D eigenvalue weighted by Gasteiger charge is 2.08. The molecule has 0 aliphatic heterocycles. The molecule has 2 aromatic rings. The van der Waals surface area contributed by atoms with Gasteiger partial charge < -0.3 is 10.6 Å². The van der Waals surface area contributed by atoms with Gasteiger partial charge >= 0.3 is 0 Å². The number of nitro benzene ring substituents is 1. The average Bonchev–Trinajstić information content (AvgIpc) is 2.51. The lowest BCUT2D eigenvalue weighted by Crippen LogP contribution is -2.21. The van der Waals surface area contributed by atoms with Gasteiger partial charge in [-0.1, -0.05) is 40.9 Å². The lowest BCUT2D eigenvalue weighted by atomic mass is 10.2. The molecular formula is C15H14Cl3N3O2. The Morgan fingerprint density at radius 2 is 1.74 bits per heavy atom. The van der Waals surface area contributed by atoms with Gasteiger partial charge in [-0.2, -0.15) is 0 Å². The Balaban J connectivity index is 1.77. The molecule has 0 spiro atoms. The maximum absolute atomic E-state index is 10.6. The van der Waals surface area contributed by atoms with Crippen molar-refractivity contribution in [2.75, 3.05) is 18.4 Å². The van der Waals surface area contributed by atoms with Crippen molar-refractivity contribution >= 4 is 46.2 Å². The summed E-state index contributed by atoms with van der Waals surface area (Å²) in [5.74, 6) is 0. The molecule has 8 heteroatoms. The molecule has 122 valence electrons. The summed E-state index contributed by atoms with van der Waals surface area (Å²) in [6.45, 7) is 1.97. The van der Waals surface area contributed by atoms with Crippen molar-refractivity contribution in [1.82, 2.24) is 5.32 Å². The van der Waals surface area contributed by atoms with Crippen LogP contribution in [0.25, 0.3) is 0 Å². The third kappa shape index (κ3) is 5.25. The van der Waals surface area contributed by atoms with Crippen molar-refractivity contribution in [2.45, 2.75) is 6.54 Å². The summed E-state index contributed by atoms with van der Waals surface area (Å²) < 4.78 is 0. The first-order chi connectivity index (χ1) is 11.0. The van der Waals surface area contributed by atoms with E-state index in [-0.39, 0.29) is 5.69 Å². The predicted octanol–water partition coefficient (Wildman–Crippen LogP) is 4.76. The molecular weight excluding hydrogens is 361 g/mol. The number of nitro groups is 1. The predicted molar refractivity (Wildman–Crippen MR) is 94.8 cm³/mol. The molecule has 0 amide bonds. The number of non-ortho nitro benzene ring substituents is 1. The third-order valence-electron chi connectivity index (χ3n) is 3.09. The molecule has 0 saturated heterocycles. The molecule has 2 aromatic carbocycles. The summed E-state index contributed by atoms with van der Waals surface area (Å²) in [5, 5.41) is 18.4. The highest BCUT2D eigenvalue weighted by Crippen LogP contribution is 2.26. The van der Waals surface area contributed by atoms with Crippen LogP contribution in [0.15, 0.2) is 36.4 Å². The normalized spacial score (nSPS) is 10.6. The second kappa shape index (κ2) is 8.36. The fourth-order valence-electron chi connectivity index (χ4n) is 1.93. The molecule has 0 saturated carbocycles. The molecule has 0 radical (unpaired) electrons. The van der Waals surface area contributed by atoms with Crippen LogP contribution in [0.2, 0.25) is 15.1 Å². The van der Waals surface area contributed by atoms with E-state index in [1.165, 1.54) is 12.1 Å². The van der Waals surface area contributed by atoms with Crippen molar-refractivity contribution in [2.24, 2.45) is 0 Å². The summed E-state index contributed by atoms with van der Waals surface area (Å²) in [7, 11) is 0. The molecule has 0 aliphatic rings. The largest absolute Gasteiger partial charge is 0.383 e. The fourth-order valence-corrected chi connectivity index (χ4v) is 2.49. The number of rotatable bonds is 7. The lowest BCUT2D eigenvalue weighted by Gasteiger charge is -2.09. The van der Waals surface area contributed by atoms with Gasteiger partial charge in [0.25, 0.3) is 5.69 Å². The molecule has 5 nitrogen and oxygen atoms in total. The Bertz CT molecular complexity index is 710. The van der Waals surface area contributed by atoms with Gasteiger partial charge in [-0.25, -0.2) is 0 Å². The van der Waals surface area contributed by atoms with Gasteiger partial charge in [0.2, 0.25) is 0 Å². The third-order valence-corrected chi connectivity index (χ3v) is 4.15. The molecule has 2 rings (SSSR count). The molecule has 0 aliphatic carbocycles. The quantitative estimate of drug-likeness (QED) is 0.417. The second-order valence-corrected chi connectivity index (χ2v) is 5.99. The standard InChI is InChI=1S/C15H14Cl3N3O2/c16-12-3-1-10(7-13(12)17)9-19-5-6-20-15-4-2-11(21(22)23)8-14(15)18/h1-4,7-8,19-20H,5-6,9H2. The van der Waals surface area contributed by atoms with Crippen LogP contribution in [0.5, 0.6) is 0 Å². The van der Waals surface area contributed by atoms with E-state index in [0.29, 0.717) is 40.4 Å². The van der Waals surface area contributed by atoms with Gasteiger partial charge in [-0.15, -0.1) is 0 Å². The Morgan fingerprint density at radius 3 is 2.39 bits per heavy atom. The van der Waals surface area contributed by atoms with Crippen LogP contribution in [0.3, 0.4) is 0 Å². The monoisotopic (exact) mass is 373 g/mol. The van der Waals surface area contributed by atoms with E-state index in [1.807, 2.05) is 12.1 Å². The smallest absolute Gasteiger partial charge is 0.271 e. The summed E-state index contributed by atoms with van der Waals surface area (Å²) in [4.78, 5) is 10.2. The minimum atomic E-state index is -0.478. The maximum Gasteiger partial charge on any atom is 0.271 e. The van der Waals surface area contributed by atoms with E-state index < -0.39 is 4.92 Å². The topological polar surface area (TPSA) is 67.2 Å². The molecule has 0 bridgehead atoms. The Kier molecular flexibility index (Phi) is 6.47. The molecule has 0 fully saturated rings. The van der Waals surface area contributed by atoms with Crippen molar-refractivity contribution in [1.29, 1.82) is 0 Å².